The third-order valence-electron chi connectivity index (χ3n) is 2.87. The summed E-state index contributed by atoms with van der Waals surface area (Å²) < 4.78 is 3.18. The van der Waals surface area contributed by atoms with Gasteiger partial charge in [0.05, 0.1) is 5.39 Å². The number of hydrogen-bond donors (Lipinski definition) is 0. The molecule has 0 radical (unpaired) electrons. The van der Waals surface area contributed by atoms with E-state index in [2.05, 4.69) is 17.5 Å². The summed E-state index contributed by atoms with van der Waals surface area (Å²) in [6.07, 6.45) is 3.98. The number of benzene rings is 1. The number of aromatic nitrogens is 1. The Kier molecular flexibility index (Phi) is 4.30. The van der Waals surface area contributed by atoms with Crippen molar-refractivity contribution in [3.63, 3.8) is 0 Å². The number of ketones is 1. The van der Waals surface area contributed by atoms with Crippen LogP contribution in [-0.2, 0) is 6.54 Å². The Morgan fingerprint density at radius 2 is 1.89 bits per heavy atom. The first-order valence-corrected chi connectivity index (χ1v) is 6.65. The number of rotatable bonds is 3. The predicted molar refractivity (Wildman–Crippen MR) is 72.8 cm³/mol. The Bertz CT molecular complexity index is 693. The normalized spacial score (nSPS) is 10.1. The molecular weight excluding hydrogens is 278 g/mol. The van der Waals surface area contributed by atoms with Crippen LogP contribution in [0, 0.1) is 0 Å². The van der Waals surface area contributed by atoms with E-state index < -0.39 is 0 Å². The molecule has 0 atom stereocenters. The van der Waals surface area contributed by atoms with Crippen LogP contribution in [0.5, 0.6) is 0 Å². The number of fused-ring (bicyclic) bond motifs is 1. The van der Waals surface area contributed by atoms with Gasteiger partial charge in [0, 0.05) is 16.3 Å². The van der Waals surface area contributed by atoms with Crippen molar-refractivity contribution in [3.05, 3.63) is 65.8 Å². The Hall–Kier alpha value is -1.71. The minimum atomic E-state index is 0. The third-order valence-corrected chi connectivity index (χ3v) is 3.77. The highest BCUT2D eigenvalue weighted by molar-refractivity contribution is 7.17. The molecule has 0 saturated heterocycles. The minimum Gasteiger partial charge on any atom is -1.00 e. The smallest absolute Gasteiger partial charge is 0.227 e. The lowest BCUT2D eigenvalue weighted by Crippen LogP contribution is -3.00. The number of thiophene rings is 1. The van der Waals surface area contributed by atoms with Crippen molar-refractivity contribution in [2.24, 2.45) is 0 Å². The van der Waals surface area contributed by atoms with Gasteiger partial charge in [0.1, 0.15) is 0 Å². The average Bonchev–Trinajstić information content (AvgIpc) is 2.87. The van der Waals surface area contributed by atoms with Gasteiger partial charge >= 0.3 is 0 Å². The van der Waals surface area contributed by atoms with Crippen LogP contribution in [0.2, 0.25) is 0 Å². The lowest BCUT2D eigenvalue weighted by Gasteiger charge is -1.98. The zero-order valence-corrected chi connectivity index (χ0v) is 11.7. The van der Waals surface area contributed by atoms with Gasteiger partial charge in [0.2, 0.25) is 12.3 Å². The largest absolute Gasteiger partial charge is 1.00 e. The molecule has 0 N–H and O–H groups in total. The van der Waals surface area contributed by atoms with Gasteiger partial charge in [-0.15, -0.1) is 11.3 Å². The molecule has 2 heterocycles. The molecule has 0 bridgehead atoms. The van der Waals surface area contributed by atoms with Crippen LogP contribution in [0.4, 0.5) is 0 Å². The van der Waals surface area contributed by atoms with E-state index in [-0.39, 0.29) is 18.2 Å². The third kappa shape index (κ3) is 3.00. The number of hydrogen-bond acceptors (Lipinski definition) is 2. The van der Waals surface area contributed by atoms with Crippen molar-refractivity contribution < 1.29 is 21.8 Å². The van der Waals surface area contributed by atoms with Gasteiger partial charge in [0.15, 0.2) is 12.4 Å². The molecule has 96 valence electrons. The second-order valence-corrected chi connectivity index (χ2v) is 5.09. The van der Waals surface area contributed by atoms with Gasteiger partial charge in [0.25, 0.3) is 0 Å². The summed E-state index contributed by atoms with van der Waals surface area (Å²) in [5, 5.41) is 3.25. The van der Waals surface area contributed by atoms with Gasteiger partial charge in [-0.1, -0.05) is 30.3 Å². The van der Waals surface area contributed by atoms with E-state index in [1.165, 1.54) is 10.1 Å². The van der Waals surface area contributed by atoms with Gasteiger partial charge in [-0.25, -0.2) is 0 Å². The highest BCUT2D eigenvalue weighted by atomic mass is 35.5. The molecule has 0 saturated carbocycles. The molecule has 4 heteroatoms. The first-order chi connectivity index (χ1) is 8.83. The fourth-order valence-corrected chi connectivity index (χ4v) is 2.70. The quantitative estimate of drug-likeness (QED) is 0.494. The number of halogens is 1. The minimum absolute atomic E-state index is 0. The number of Topliss-reactive ketones (excluding diaryl/α,β-unsaturated/α-hetero) is 1. The molecule has 0 unspecified atom stereocenters. The van der Waals surface area contributed by atoms with Gasteiger partial charge in [-0.2, -0.15) is 4.57 Å². The van der Waals surface area contributed by atoms with E-state index in [1.54, 1.807) is 11.3 Å². The van der Waals surface area contributed by atoms with E-state index in [1.807, 2.05) is 47.3 Å². The molecular formula is C15H12ClNOS. The fourth-order valence-electron chi connectivity index (χ4n) is 1.94. The second kappa shape index (κ2) is 5.95. The van der Waals surface area contributed by atoms with Gasteiger partial charge in [-0.3, -0.25) is 4.79 Å². The summed E-state index contributed by atoms with van der Waals surface area (Å²) in [7, 11) is 0. The van der Waals surface area contributed by atoms with Crippen LogP contribution in [0.1, 0.15) is 10.4 Å². The van der Waals surface area contributed by atoms with Crippen LogP contribution in [0.25, 0.3) is 10.1 Å². The maximum Gasteiger partial charge on any atom is 0.227 e. The number of pyridine rings is 1. The van der Waals surface area contributed by atoms with Crippen LogP contribution >= 0.6 is 11.3 Å². The van der Waals surface area contributed by atoms with Crippen molar-refractivity contribution in [1.29, 1.82) is 0 Å². The Morgan fingerprint density at radius 1 is 1.11 bits per heavy atom. The molecule has 0 amide bonds. The number of carbonyl (C=O) groups is 1. The van der Waals surface area contributed by atoms with E-state index in [0.29, 0.717) is 6.54 Å². The number of nitrogens with zero attached hydrogens (tertiary/aromatic N) is 1. The highest BCUT2D eigenvalue weighted by Gasteiger charge is 2.12. The average molecular weight is 290 g/mol. The summed E-state index contributed by atoms with van der Waals surface area (Å²) >= 11 is 1.71. The molecule has 0 fully saturated rings. The molecule has 0 aliphatic carbocycles. The molecule has 3 rings (SSSR count). The molecule has 0 aliphatic heterocycles. The van der Waals surface area contributed by atoms with Gasteiger partial charge < -0.3 is 12.4 Å². The molecule has 3 aromatic rings. The Labute approximate surface area is 121 Å². The van der Waals surface area contributed by atoms with Crippen molar-refractivity contribution in [3.8, 4) is 0 Å². The van der Waals surface area contributed by atoms with E-state index in [0.717, 1.165) is 5.56 Å². The summed E-state index contributed by atoms with van der Waals surface area (Å²) in [6.45, 7) is 0.385. The molecule has 19 heavy (non-hydrogen) atoms. The SMILES string of the molecule is O=C(C[n+]1ccc2sccc2c1)c1ccccc1.[Cl-]. The number of carbonyl (C=O) groups excluding carboxylic acids is 1. The van der Waals surface area contributed by atoms with Crippen molar-refractivity contribution >= 4 is 27.2 Å². The van der Waals surface area contributed by atoms with Crippen LogP contribution in [0.3, 0.4) is 0 Å². The molecule has 0 spiro atoms. The molecule has 1 aromatic carbocycles. The zero-order valence-electron chi connectivity index (χ0n) is 10.1. The maximum atomic E-state index is 12.1. The Morgan fingerprint density at radius 3 is 2.68 bits per heavy atom. The van der Waals surface area contributed by atoms with E-state index in [4.69, 9.17) is 0 Å². The van der Waals surface area contributed by atoms with Crippen LogP contribution in [-0.4, -0.2) is 5.78 Å². The van der Waals surface area contributed by atoms with Gasteiger partial charge in [-0.05, 0) is 11.4 Å². The second-order valence-electron chi connectivity index (χ2n) is 4.15. The van der Waals surface area contributed by atoms with E-state index in [9.17, 15) is 4.79 Å². The van der Waals surface area contributed by atoms with E-state index >= 15 is 0 Å². The van der Waals surface area contributed by atoms with Crippen LogP contribution in [0.15, 0.2) is 60.2 Å². The molecule has 2 nitrogen and oxygen atoms in total. The first-order valence-electron chi connectivity index (χ1n) is 5.77. The summed E-state index contributed by atoms with van der Waals surface area (Å²) in [5.41, 5.74) is 0.760. The predicted octanol–water partition coefficient (Wildman–Crippen LogP) is 0.0757. The summed E-state index contributed by atoms with van der Waals surface area (Å²) in [4.78, 5) is 12.1. The fraction of sp³-hybridized carbons (Fsp3) is 0.0667. The van der Waals surface area contributed by atoms with Crippen molar-refractivity contribution in [2.45, 2.75) is 6.54 Å². The van der Waals surface area contributed by atoms with Crippen molar-refractivity contribution in [2.75, 3.05) is 0 Å². The van der Waals surface area contributed by atoms with Crippen LogP contribution < -0.4 is 17.0 Å². The summed E-state index contributed by atoms with van der Waals surface area (Å²) in [5.74, 6) is 0.134. The zero-order chi connectivity index (χ0) is 12.4. The lowest BCUT2D eigenvalue weighted by molar-refractivity contribution is -0.681. The monoisotopic (exact) mass is 289 g/mol. The standard InChI is InChI=1S/C15H12NOS.ClH/c17-14(12-4-2-1-3-5-12)11-16-8-6-15-13(10-16)7-9-18-15;/h1-10H,11H2;1H/q+1;/p-1. The maximum absolute atomic E-state index is 12.1. The first kappa shape index (κ1) is 13.7. The summed E-state index contributed by atoms with van der Waals surface area (Å²) in [6, 6.07) is 13.5. The lowest BCUT2D eigenvalue weighted by atomic mass is 10.1. The highest BCUT2D eigenvalue weighted by Crippen LogP contribution is 2.17. The van der Waals surface area contributed by atoms with Crippen molar-refractivity contribution in [1.82, 2.24) is 0 Å². The molecule has 0 aliphatic rings. The topological polar surface area (TPSA) is 20.9 Å². The molecule has 2 aromatic heterocycles. The Balaban J connectivity index is 0.00000133.